The first kappa shape index (κ1) is 26.3. The van der Waals surface area contributed by atoms with Crippen LogP contribution in [0.4, 0.5) is 0 Å². The van der Waals surface area contributed by atoms with Crippen LogP contribution in [0, 0.1) is 5.41 Å². The number of aliphatic carboxylic acids is 1. The van der Waals surface area contributed by atoms with Crippen LogP contribution in [0.25, 0.3) is 33.5 Å². The number of piperidine rings is 1. The number of fused-ring (bicyclic) bond motifs is 1. The van der Waals surface area contributed by atoms with Crippen LogP contribution in [0.1, 0.15) is 24.0 Å². The number of rotatable bonds is 7. The number of carboxylic acid groups (broad SMARTS) is 1. The van der Waals surface area contributed by atoms with Crippen molar-refractivity contribution in [2.45, 2.75) is 25.7 Å². The van der Waals surface area contributed by atoms with Crippen molar-refractivity contribution in [1.29, 1.82) is 0 Å². The van der Waals surface area contributed by atoms with Crippen molar-refractivity contribution in [2.75, 3.05) is 13.1 Å². The number of aromatic amines is 1. The highest BCUT2D eigenvalue weighted by molar-refractivity contribution is 5.85. The van der Waals surface area contributed by atoms with Gasteiger partial charge in [0.15, 0.2) is 0 Å². The number of nitrogens with zero attached hydrogens (tertiary/aromatic N) is 3. The van der Waals surface area contributed by atoms with Crippen LogP contribution >= 0.6 is 0 Å². The number of aromatic hydroxyl groups is 1. The minimum absolute atomic E-state index is 0.0133. The van der Waals surface area contributed by atoms with Gasteiger partial charge in [0.25, 0.3) is 0 Å². The van der Waals surface area contributed by atoms with E-state index in [0.29, 0.717) is 49.3 Å². The molecule has 8 heteroatoms. The van der Waals surface area contributed by atoms with E-state index in [1.165, 1.54) is 0 Å². The molecular weight excluding hydrogens is 516 g/mol. The lowest BCUT2D eigenvalue weighted by Crippen LogP contribution is -2.48. The summed E-state index contributed by atoms with van der Waals surface area (Å²) in [6.45, 7) is 0.850. The fraction of sp³-hybridized carbons (Fsp3) is 0.212. The molecule has 206 valence electrons. The zero-order valence-corrected chi connectivity index (χ0v) is 22.5. The van der Waals surface area contributed by atoms with E-state index >= 15 is 0 Å². The topological polar surface area (TPSA) is 119 Å². The third-order valence-electron chi connectivity index (χ3n) is 8.11. The molecule has 3 N–H and O–H groups in total. The number of imidazole rings is 1. The zero-order valence-electron chi connectivity index (χ0n) is 22.5. The van der Waals surface area contributed by atoms with Crippen LogP contribution in [-0.4, -0.2) is 55.0 Å². The second-order valence-electron chi connectivity index (χ2n) is 10.7. The van der Waals surface area contributed by atoms with E-state index in [9.17, 15) is 19.8 Å². The Morgan fingerprint density at radius 1 is 0.878 bits per heavy atom. The van der Waals surface area contributed by atoms with Crippen LogP contribution in [0.15, 0.2) is 91.3 Å². The summed E-state index contributed by atoms with van der Waals surface area (Å²) in [6.07, 6.45) is 4.94. The van der Waals surface area contributed by atoms with Gasteiger partial charge in [0.1, 0.15) is 11.6 Å². The van der Waals surface area contributed by atoms with Gasteiger partial charge in [-0.25, -0.2) is 4.98 Å². The molecule has 2 aromatic heterocycles. The lowest BCUT2D eigenvalue weighted by Gasteiger charge is -2.39. The van der Waals surface area contributed by atoms with Crippen LogP contribution in [0.3, 0.4) is 0 Å². The highest BCUT2D eigenvalue weighted by Gasteiger charge is 2.42. The van der Waals surface area contributed by atoms with E-state index in [2.05, 4.69) is 15.0 Å². The standard InChI is InChI=1S/C33H30N4O4/c38-29(37-17-14-33(15-18-37,32(40)41)20-23-5-2-1-3-6-23)19-22-9-11-24(12-10-22)25-7-4-8-26(30(25)39)31-35-27-13-16-34-21-28(27)36-31/h1-13,16,21,39H,14-15,17-20H2,(H,35,36)(H,40,41). The Morgan fingerprint density at radius 2 is 1.61 bits per heavy atom. The molecule has 0 atom stereocenters. The SMILES string of the molecule is O=C(Cc1ccc(-c2cccc(-c3nc4ccncc4[nH]3)c2O)cc1)N1CCC(Cc2ccccc2)(C(=O)O)CC1. The second-order valence-corrected chi connectivity index (χ2v) is 10.7. The number of amides is 1. The number of pyridine rings is 1. The Bertz CT molecular complexity index is 1670. The van der Waals surface area contributed by atoms with Gasteiger partial charge in [-0.1, -0.05) is 66.7 Å². The van der Waals surface area contributed by atoms with Crippen molar-refractivity contribution in [1.82, 2.24) is 19.9 Å². The number of aromatic nitrogens is 3. The lowest BCUT2D eigenvalue weighted by atomic mass is 9.73. The molecule has 1 aliphatic heterocycles. The van der Waals surface area contributed by atoms with Gasteiger partial charge < -0.3 is 20.1 Å². The van der Waals surface area contributed by atoms with E-state index in [0.717, 1.165) is 27.7 Å². The molecule has 41 heavy (non-hydrogen) atoms. The maximum atomic E-state index is 13.1. The average Bonchev–Trinajstić information content (AvgIpc) is 3.43. The summed E-state index contributed by atoms with van der Waals surface area (Å²) in [4.78, 5) is 39.0. The Labute approximate surface area is 237 Å². The maximum absolute atomic E-state index is 13.1. The fourth-order valence-electron chi connectivity index (χ4n) is 5.68. The highest BCUT2D eigenvalue weighted by atomic mass is 16.4. The number of H-pyrrole nitrogens is 1. The summed E-state index contributed by atoms with van der Waals surface area (Å²) in [5, 5.41) is 21.1. The van der Waals surface area contributed by atoms with Crippen molar-refractivity contribution < 1.29 is 19.8 Å². The number of phenols is 1. The van der Waals surface area contributed by atoms with Gasteiger partial charge >= 0.3 is 5.97 Å². The molecule has 1 amide bonds. The Kier molecular flexibility index (Phi) is 6.97. The molecule has 0 spiro atoms. The summed E-state index contributed by atoms with van der Waals surface area (Å²) >= 11 is 0. The first-order chi connectivity index (χ1) is 19.9. The maximum Gasteiger partial charge on any atom is 0.310 e. The number of carbonyl (C=O) groups is 2. The first-order valence-corrected chi connectivity index (χ1v) is 13.7. The molecule has 1 fully saturated rings. The summed E-state index contributed by atoms with van der Waals surface area (Å²) in [7, 11) is 0. The van der Waals surface area contributed by atoms with Crippen molar-refractivity contribution in [3.05, 3.63) is 102 Å². The molecule has 0 radical (unpaired) electrons. The Hall–Kier alpha value is -4.98. The molecule has 0 aliphatic carbocycles. The number of likely N-dealkylation sites (tertiary alicyclic amines) is 1. The van der Waals surface area contributed by atoms with Crippen LogP contribution < -0.4 is 0 Å². The summed E-state index contributed by atoms with van der Waals surface area (Å²) in [6, 6.07) is 24.6. The van der Waals surface area contributed by atoms with Crippen molar-refractivity contribution >= 4 is 22.9 Å². The number of carbonyl (C=O) groups excluding carboxylic acids is 1. The number of hydrogen-bond acceptors (Lipinski definition) is 5. The molecular formula is C33H30N4O4. The largest absolute Gasteiger partial charge is 0.507 e. The summed E-state index contributed by atoms with van der Waals surface area (Å²) in [5.74, 6) is -0.129. The van der Waals surface area contributed by atoms with Gasteiger partial charge in [0.05, 0.1) is 34.6 Å². The Balaban J connectivity index is 1.12. The minimum atomic E-state index is -0.852. The van der Waals surface area contributed by atoms with E-state index in [-0.39, 0.29) is 18.1 Å². The van der Waals surface area contributed by atoms with Gasteiger partial charge in [0.2, 0.25) is 5.91 Å². The monoisotopic (exact) mass is 546 g/mol. The van der Waals surface area contributed by atoms with E-state index in [4.69, 9.17) is 0 Å². The van der Waals surface area contributed by atoms with Gasteiger partial charge in [-0.05, 0) is 48.1 Å². The van der Waals surface area contributed by atoms with Gasteiger partial charge in [-0.15, -0.1) is 0 Å². The minimum Gasteiger partial charge on any atom is -0.507 e. The molecule has 5 aromatic rings. The number of para-hydroxylation sites is 1. The quantitative estimate of drug-likeness (QED) is 0.249. The Morgan fingerprint density at radius 3 is 2.32 bits per heavy atom. The average molecular weight is 547 g/mol. The molecule has 0 saturated carbocycles. The van der Waals surface area contributed by atoms with Crippen molar-refractivity contribution in [3.8, 4) is 28.3 Å². The van der Waals surface area contributed by atoms with Crippen LogP contribution in [0.2, 0.25) is 0 Å². The molecule has 3 heterocycles. The van der Waals surface area contributed by atoms with Gasteiger partial charge in [0, 0.05) is 24.8 Å². The van der Waals surface area contributed by atoms with Crippen molar-refractivity contribution in [2.24, 2.45) is 5.41 Å². The number of nitrogens with one attached hydrogen (secondary N) is 1. The van der Waals surface area contributed by atoms with Gasteiger partial charge in [-0.2, -0.15) is 0 Å². The lowest BCUT2D eigenvalue weighted by molar-refractivity contribution is -0.154. The van der Waals surface area contributed by atoms with Crippen LogP contribution in [0.5, 0.6) is 5.75 Å². The molecule has 0 unspecified atom stereocenters. The second kappa shape index (κ2) is 10.9. The molecule has 1 saturated heterocycles. The predicted octanol–water partition coefficient (Wildman–Crippen LogP) is 5.48. The molecule has 8 nitrogen and oxygen atoms in total. The van der Waals surface area contributed by atoms with Crippen molar-refractivity contribution in [3.63, 3.8) is 0 Å². The normalized spacial score (nSPS) is 14.7. The summed E-state index contributed by atoms with van der Waals surface area (Å²) < 4.78 is 0. The van der Waals surface area contributed by atoms with E-state index < -0.39 is 11.4 Å². The van der Waals surface area contributed by atoms with E-state index in [1.54, 1.807) is 17.3 Å². The highest BCUT2D eigenvalue weighted by Crippen LogP contribution is 2.38. The number of benzene rings is 3. The zero-order chi connectivity index (χ0) is 28.4. The molecule has 3 aromatic carbocycles. The molecule has 0 bridgehead atoms. The number of hydrogen-bond donors (Lipinski definition) is 3. The third kappa shape index (κ3) is 5.28. The van der Waals surface area contributed by atoms with E-state index in [1.807, 2.05) is 78.9 Å². The predicted molar refractivity (Wildman–Crippen MR) is 156 cm³/mol. The van der Waals surface area contributed by atoms with Gasteiger partial charge in [-0.3, -0.25) is 14.6 Å². The third-order valence-corrected chi connectivity index (χ3v) is 8.11. The fourth-order valence-corrected chi connectivity index (χ4v) is 5.68. The summed E-state index contributed by atoms with van der Waals surface area (Å²) in [5.41, 5.74) is 4.65. The molecule has 1 aliphatic rings. The molecule has 6 rings (SSSR count). The smallest absolute Gasteiger partial charge is 0.310 e. The van der Waals surface area contributed by atoms with Crippen LogP contribution in [-0.2, 0) is 22.4 Å². The first-order valence-electron chi connectivity index (χ1n) is 13.7. The number of carboxylic acids is 1. The number of phenolic OH excluding ortho intramolecular Hbond substituents is 1.